The summed E-state index contributed by atoms with van der Waals surface area (Å²) in [6.07, 6.45) is 6.78. The molecule has 2 nitrogen and oxygen atoms in total. The van der Waals surface area contributed by atoms with Gasteiger partial charge in [-0.3, -0.25) is 0 Å². The SMILES string of the molecule is C1=CC=CC=1B1OCCCO1. The minimum absolute atomic E-state index is 0.168. The van der Waals surface area contributed by atoms with Crippen molar-refractivity contribution in [2.45, 2.75) is 6.42 Å². The van der Waals surface area contributed by atoms with E-state index in [4.69, 9.17) is 9.31 Å². The Morgan fingerprint density at radius 2 is 2.18 bits per heavy atom. The predicted octanol–water partition coefficient (Wildman–Crippen LogP) is 1.10. The highest BCUT2D eigenvalue weighted by molar-refractivity contribution is 6.54. The number of rotatable bonds is 1. The van der Waals surface area contributed by atoms with Crippen LogP contribution in [-0.2, 0) is 9.31 Å². The molecule has 0 atom stereocenters. The monoisotopic (exact) mass is 148 g/mol. The fraction of sp³-hybridized carbons (Fsp3) is 0.375. The van der Waals surface area contributed by atoms with Gasteiger partial charge in [-0.25, -0.2) is 0 Å². The molecule has 3 heteroatoms. The molecule has 1 aliphatic carbocycles. The summed E-state index contributed by atoms with van der Waals surface area (Å²) >= 11 is 0. The van der Waals surface area contributed by atoms with Crippen molar-refractivity contribution >= 4 is 7.12 Å². The second-order valence-electron chi connectivity index (χ2n) is 2.55. The Bertz CT molecular complexity index is 232. The lowest BCUT2D eigenvalue weighted by atomic mass is 9.78. The van der Waals surface area contributed by atoms with Crippen LogP contribution >= 0.6 is 0 Å². The van der Waals surface area contributed by atoms with E-state index in [1.165, 1.54) is 0 Å². The molecule has 11 heavy (non-hydrogen) atoms. The Labute approximate surface area is 66.3 Å². The van der Waals surface area contributed by atoms with E-state index in [0.29, 0.717) is 0 Å². The van der Waals surface area contributed by atoms with Crippen LogP contribution in [-0.4, -0.2) is 20.3 Å². The molecule has 0 N–H and O–H groups in total. The Hall–Kier alpha value is -0.755. The molecule has 2 rings (SSSR count). The third kappa shape index (κ3) is 1.46. The van der Waals surface area contributed by atoms with E-state index in [0.717, 1.165) is 25.1 Å². The molecule has 0 amide bonds. The van der Waals surface area contributed by atoms with Crippen LogP contribution in [0.2, 0.25) is 0 Å². The molecule has 1 fully saturated rings. The first kappa shape index (κ1) is 6.92. The summed E-state index contributed by atoms with van der Waals surface area (Å²) in [5.41, 5.74) is 4.06. The average molecular weight is 148 g/mol. The smallest absolute Gasteiger partial charge is 0.407 e. The Kier molecular flexibility index (Phi) is 1.95. The molecule has 56 valence electrons. The molecule has 0 saturated carbocycles. The predicted molar refractivity (Wildman–Crippen MR) is 43.0 cm³/mol. The van der Waals surface area contributed by atoms with Crippen LogP contribution in [0.1, 0.15) is 6.42 Å². The first-order chi connectivity index (χ1) is 5.47. The van der Waals surface area contributed by atoms with Crippen molar-refractivity contribution in [3.63, 3.8) is 0 Å². The maximum Gasteiger partial charge on any atom is 0.502 e. The summed E-state index contributed by atoms with van der Waals surface area (Å²) < 4.78 is 10.7. The van der Waals surface area contributed by atoms with Gasteiger partial charge < -0.3 is 9.31 Å². The van der Waals surface area contributed by atoms with Gasteiger partial charge in [0.05, 0.1) is 0 Å². The zero-order valence-corrected chi connectivity index (χ0v) is 6.25. The van der Waals surface area contributed by atoms with Crippen molar-refractivity contribution in [1.29, 1.82) is 0 Å². The Morgan fingerprint density at radius 3 is 2.82 bits per heavy atom. The van der Waals surface area contributed by atoms with Gasteiger partial charge in [-0.1, -0.05) is 12.2 Å². The number of hydrogen-bond acceptors (Lipinski definition) is 2. The fourth-order valence-corrected chi connectivity index (χ4v) is 1.16. The van der Waals surface area contributed by atoms with Gasteiger partial charge in [0.1, 0.15) is 0 Å². The largest absolute Gasteiger partial charge is 0.502 e. The fourth-order valence-electron chi connectivity index (χ4n) is 1.16. The van der Waals surface area contributed by atoms with Crippen LogP contribution in [0.25, 0.3) is 0 Å². The number of hydrogen-bond donors (Lipinski definition) is 0. The number of allylic oxidation sites excluding steroid dienone is 3. The van der Waals surface area contributed by atoms with E-state index in [9.17, 15) is 0 Å². The van der Waals surface area contributed by atoms with E-state index in [2.05, 4.69) is 5.73 Å². The summed E-state index contributed by atoms with van der Waals surface area (Å²) in [5, 5.41) is 0. The Balaban J connectivity index is 2.03. The zero-order valence-electron chi connectivity index (χ0n) is 6.25. The molecule has 1 saturated heterocycles. The standard InChI is InChI=1S/C8H9BO2/c1-2-5-8(4-1)9-10-6-3-7-11-9/h1-2,4H,3,6-7H2. The van der Waals surface area contributed by atoms with Crippen molar-refractivity contribution in [2.24, 2.45) is 0 Å². The summed E-state index contributed by atoms with van der Waals surface area (Å²) in [4.78, 5) is 0. The van der Waals surface area contributed by atoms with E-state index in [-0.39, 0.29) is 7.12 Å². The third-order valence-electron chi connectivity index (χ3n) is 1.70. The van der Waals surface area contributed by atoms with Crippen LogP contribution in [0.4, 0.5) is 0 Å². The van der Waals surface area contributed by atoms with Gasteiger partial charge in [-0.05, 0) is 12.5 Å². The topological polar surface area (TPSA) is 18.5 Å². The van der Waals surface area contributed by atoms with Crippen molar-refractivity contribution in [3.8, 4) is 0 Å². The lowest BCUT2D eigenvalue weighted by molar-refractivity contribution is 0.141. The van der Waals surface area contributed by atoms with Gasteiger partial charge in [0, 0.05) is 18.7 Å². The molecule has 1 aliphatic heterocycles. The van der Waals surface area contributed by atoms with Crippen LogP contribution in [0, 0.1) is 0 Å². The lowest BCUT2D eigenvalue weighted by Gasteiger charge is -2.18. The Morgan fingerprint density at radius 1 is 1.36 bits per heavy atom. The molecule has 0 radical (unpaired) electrons. The van der Waals surface area contributed by atoms with Gasteiger partial charge in [-0.15, -0.1) is 5.73 Å². The molecule has 0 aromatic heterocycles. The first-order valence-electron chi connectivity index (χ1n) is 3.83. The van der Waals surface area contributed by atoms with Gasteiger partial charge in [0.25, 0.3) is 0 Å². The van der Waals surface area contributed by atoms with Crippen LogP contribution in [0.15, 0.2) is 29.4 Å². The van der Waals surface area contributed by atoms with E-state index in [1.54, 1.807) is 0 Å². The zero-order chi connectivity index (χ0) is 7.52. The van der Waals surface area contributed by atoms with E-state index >= 15 is 0 Å². The highest BCUT2D eigenvalue weighted by Gasteiger charge is 2.25. The molecule has 0 aromatic rings. The molecule has 0 aromatic carbocycles. The molecule has 0 unspecified atom stereocenters. The average Bonchev–Trinajstić information content (AvgIpc) is 2.58. The second kappa shape index (κ2) is 3.10. The molecule has 2 aliphatic rings. The van der Waals surface area contributed by atoms with Crippen molar-refractivity contribution in [3.05, 3.63) is 29.4 Å². The second-order valence-corrected chi connectivity index (χ2v) is 2.55. The van der Waals surface area contributed by atoms with Crippen molar-refractivity contribution in [1.82, 2.24) is 0 Å². The highest BCUT2D eigenvalue weighted by Crippen LogP contribution is 2.12. The molecule has 0 spiro atoms. The molecular formula is C8H9BO2. The summed E-state index contributed by atoms with van der Waals surface area (Å²) in [6, 6.07) is 0. The van der Waals surface area contributed by atoms with Gasteiger partial charge in [-0.2, -0.15) is 0 Å². The normalized spacial score (nSPS) is 22.5. The van der Waals surface area contributed by atoms with Gasteiger partial charge in [0.15, 0.2) is 0 Å². The minimum Gasteiger partial charge on any atom is -0.407 e. The summed E-state index contributed by atoms with van der Waals surface area (Å²) in [6.45, 7) is 1.59. The lowest BCUT2D eigenvalue weighted by Crippen LogP contribution is -2.30. The van der Waals surface area contributed by atoms with Gasteiger partial charge in [0.2, 0.25) is 0 Å². The van der Waals surface area contributed by atoms with E-state index < -0.39 is 0 Å². The van der Waals surface area contributed by atoms with Crippen LogP contribution < -0.4 is 0 Å². The third-order valence-corrected chi connectivity index (χ3v) is 1.70. The molecular weight excluding hydrogens is 139 g/mol. The maximum atomic E-state index is 5.37. The highest BCUT2D eigenvalue weighted by atomic mass is 16.6. The maximum absolute atomic E-state index is 5.37. The molecule has 1 heterocycles. The molecule has 0 bridgehead atoms. The van der Waals surface area contributed by atoms with Crippen LogP contribution in [0.5, 0.6) is 0 Å². The van der Waals surface area contributed by atoms with Crippen LogP contribution in [0.3, 0.4) is 0 Å². The van der Waals surface area contributed by atoms with Crippen molar-refractivity contribution < 1.29 is 9.31 Å². The first-order valence-corrected chi connectivity index (χ1v) is 3.83. The van der Waals surface area contributed by atoms with E-state index in [1.807, 2.05) is 18.2 Å². The quantitative estimate of drug-likeness (QED) is 0.409. The van der Waals surface area contributed by atoms with Gasteiger partial charge >= 0.3 is 7.12 Å². The summed E-state index contributed by atoms with van der Waals surface area (Å²) in [7, 11) is -0.168. The minimum atomic E-state index is -0.168. The summed E-state index contributed by atoms with van der Waals surface area (Å²) in [5.74, 6) is 0. The van der Waals surface area contributed by atoms with Crippen molar-refractivity contribution in [2.75, 3.05) is 13.2 Å².